The molecule has 188 valence electrons. The number of hydrogen-bond acceptors (Lipinski definition) is 9. The van der Waals surface area contributed by atoms with E-state index in [0.717, 1.165) is 14.7 Å². The zero-order valence-electron chi connectivity index (χ0n) is 19.6. The molecule has 0 atom stereocenters. The van der Waals surface area contributed by atoms with Gasteiger partial charge in [-0.2, -0.15) is 9.78 Å². The average Bonchev–Trinajstić information content (AvgIpc) is 3.35. The molecule has 0 amide bonds. The van der Waals surface area contributed by atoms with Gasteiger partial charge in [-0.25, -0.2) is 4.98 Å². The highest BCUT2D eigenvalue weighted by Crippen LogP contribution is 2.39. The molecule has 0 saturated carbocycles. The first-order valence-electron chi connectivity index (χ1n) is 10.9. The van der Waals surface area contributed by atoms with Crippen molar-refractivity contribution in [2.45, 2.75) is 13.5 Å². The number of halogens is 1. The zero-order chi connectivity index (χ0) is 26.1. The van der Waals surface area contributed by atoms with Gasteiger partial charge in [-0.15, -0.1) is 0 Å². The number of methoxy groups -OCH3 is 1. The van der Waals surface area contributed by atoms with Crippen LogP contribution in [0.3, 0.4) is 0 Å². The number of hydrogen-bond donors (Lipinski definition) is 0. The lowest BCUT2D eigenvalue weighted by Gasteiger charge is -2.12. The Morgan fingerprint density at radius 3 is 2.78 bits per heavy atom. The van der Waals surface area contributed by atoms with E-state index in [4.69, 9.17) is 18.9 Å². The van der Waals surface area contributed by atoms with Crippen molar-refractivity contribution in [2.75, 3.05) is 13.9 Å². The van der Waals surface area contributed by atoms with E-state index in [-0.39, 0.29) is 36.1 Å². The number of aryl methyl sites for hydroxylation is 1. The minimum absolute atomic E-state index is 0.0344. The quantitative estimate of drug-likeness (QED) is 0.181. The molecule has 0 saturated heterocycles. The lowest BCUT2D eigenvalue weighted by molar-refractivity contribution is -0.386. The smallest absolute Gasteiger partial charge is 0.315 e. The number of benzene rings is 3. The highest BCUT2D eigenvalue weighted by atomic mass is 79.9. The Balaban J connectivity index is 1.47. The second kappa shape index (κ2) is 9.90. The average molecular weight is 567 g/mol. The molecule has 4 aromatic rings. The Kier molecular flexibility index (Phi) is 6.49. The van der Waals surface area contributed by atoms with Crippen molar-refractivity contribution in [3.63, 3.8) is 0 Å². The van der Waals surface area contributed by atoms with E-state index < -0.39 is 4.92 Å². The van der Waals surface area contributed by atoms with Crippen LogP contribution in [0, 0.1) is 17.0 Å². The van der Waals surface area contributed by atoms with Crippen LogP contribution in [-0.4, -0.2) is 34.7 Å². The highest BCUT2D eigenvalue weighted by Gasteiger charge is 2.23. The molecule has 0 fully saturated rings. The van der Waals surface area contributed by atoms with Gasteiger partial charge in [-0.3, -0.25) is 14.9 Å². The maximum Gasteiger partial charge on any atom is 0.315 e. The second-order valence-electron chi connectivity index (χ2n) is 7.99. The largest absolute Gasteiger partial charge is 0.493 e. The Morgan fingerprint density at radius 1 is 1.19 bits per heavy atom. The molecule has 0 unspecified atom stereocenters. The van der Waals surface area contributed by atoms with Crippen molar-refractivity contribution in [3.8, 4) is 23.0 Å². The molecule has 3 aromatic carbocycles. The third kappa shape index (κ3) is 4.83. The van der Waals surface area contributed by atoms with Gasteiger partial charge >= 0.3 is 5.69 Å². The lowest BCUT2D eigenvalue weighted by atomic mass is 10.1. The number of ether oxygens (including phenoxy) is 4. The van der Waals surface area contributed by atoms with Gasteiger partial charge in [0.1, 0.15) is 12.4 Å². The molecule has 0 bridgehead atoms. The van der Waals surface area contributed by atoms with Crippen molar-refractivity contribution >= 4 is 38.7 Å². The van der Waals surface area contributed by atoms with E-state index in [1.165, 1.54) is 25.5 Å². The monoisotopic (exact) mass is 566 g/mol. The lowest BCUT2D eigenvalue weighted by Crippen LogP contribution is -2.20. The Morgan fingerprint density at radius 2 is 2.00 bits per heavy atom. The molecule has 1 aliphatic rings. The standard InChI is InChI=1S/C25H19BrN4O7/c1-14-28-19-5-4-17(26)10-18(19)25(31)29(14)27-11-16-7-20(30(32)33)24(23(9-16)34-2)35-12-15-3-6-21-22(8-15)37-13-36-21/h3-11H,12-13H2,1-2H3. The number of aromatic nitrogens is 2. The molecule has 0 spiro atoms. The highest BCUT2D eigenvalue weighted by molar-refractivity contribution is 9.10. The maximum atomic E-state index is 13.0. The van der Waals surface area contributed by atoms with Crippen molar-refractivity contribution < 1.29 is 23.9 Å². The number of nitro benzene ring substituents is 1. The molecule has 0 N–H and O–H groups in total. The Labute approximate surface area is 218 Å². The zero-order valence-corrected chi connectivity index (χ0v) is 21.2. The topological polar surface area (TPSA) is 127 Å². The number of fused-ring (bicyclic) bond motifs is 2. The number of nitrogens with zero attached hydrogens (tertiary/aromatic N) is 4. The van der Waals surface area contributed by atoms with Crippen molar-refractivity contribution in [1.82, 2.24) is 9.66 Å². The second-order valence-corrected chi connectivity index (χ2v) is 8.90. The van der Waals surface area contributed by atoms with Gasteiger partial charge in [0.05, 0.1) is 29.2 Å². The Bertz CT molecular complexity index is 1630. The summed E-state index contributed by atoms with van der Waals surface area (Å²) in [7, 11) is 1.38. The van der Waals surface area contributed by atoms with E-state index in [0.29, 0.717) is 33.8 Å². The van der Waals surface area contributed by atoms with E-state index in [9.17, 15) is 14.9 Å². The van der Waals surface area contributed by atoms with Crippen LogP contribution in [0.5, 0.6) is 23.0 Å². The third-order valence-corrected chi connectivity index (χ3v) is 6.08. The predicted molar refractivity (Wildman–Crippen MR) is 138 cm³/mol. The molecule has 0 radical (unpaired) electrons. The fraction of sp³-hybridized carbons (Fsp3) is 0.160. The minimum atomic E-state index is -0.568. The number of nitro groups is 1. The van der Waals surface area contributed by atoms with E-state index in [1.807, 2.05) is 0 Å². The first kappa shape index (κ1) is 24.3. The van der Waals surface area contributed by atoms with Crippen LogP contribution in [0.2, 0.25) is 0 Å². The SMILES string of the molecule is COc1cc(C=Nn2c(C)nc3ccc(Br)cc3c2=O)cc([N+](=O)[O-])c1OCc1ccc2c(c1)OCO2. The van der Waals surface area contributed by atoms with Gasteiger partial charge < -0.3 is 18.9 Å². The summed E-state index contributed by atoms with van der Waals surface area (Å²) in [4.78, 5) is 28.7. The summed E-state index contributed by atoms with van der Waals surface area (Å²) < 4.78 is 23.7. The predicted octanol–water partition coefficient (Wildman–Crippen LogP) is 4.57. The van der Waals surface area contributed by atoms with Gasteiger partial charge in [0.15, 0.2) is 17.2 Å². The third-order valence-electron chi connectivity index (χ3n) is 5.59. The van der Waals surface area contributed by atoms with Crippen LogP contribution >= 0.6 is 15.9 Å². The summed E-state index contributed by atoms with van der Waals surface area (Å²) in [5, 5.41) is 16.5. The van der Waals surface area contributed by atoms with Gasteiger partial charge in [0, 0.05) is 16.1 Å². The van der Waals surface area contributed by atoms with Crippen molar-refractivity contribution in [1.29, 1.82) is 0 Å². The summed E-state index contributed by atoms with van der Waals surface area (Å²) in [6.07, 6.45) is 1.33. The van der Waals surface area contributed by atoms with Gasteiger partial charge in [0.2, 0.25) is 12.5 Å². The van der Waals surface area contributed by atoms with Crippen molar-refractivity contribution in [3.05, 3.63) is 90.4 Å². The molecule has 5 rings (SSSR count). The summed E-state index contributed by atoms with van der Waals surface area (Å²) in [5.74, 6) is 1.67. The first-order valence-corrected chi connectivity index (χ1v) is 11.7. The summed E-state index contributed by atoms with van der Waals surface area (Å²) >= 11 is 3.35. The molecule has 37 heavy (non-hydrogen) atoms. The van der Waals surface area contributed by atoms with Gasteiger partial charge in [-0.05, 0) is 48.9 Å². The molecule has 12 heteroatoms. The maximum absolute atomic E-state index is 13.0. The van der Waals surface area contributed by atoms with Crippen LogP contribution in [0.4, 0.5) is 5.69 Å². The molecular weight excluding hydrogens is 548 g/mol. The van der Waals surface area contributed by atoms with Crippen LogP contribution in [-0.2, 0) is 6.61 Å². The van der Waals surface area contributed by atoms with Gasteiger partial charge in [0.25, 0.3) is 5.56 Å². The number of rotatable bonds is 7. The normalized spacial score (nSPS) is 12.3. The van der Waals surface area contributed by atoms with E-state index >= 15 is 0 Å². The molecule has 1 aliphatic heterocycles. The molecular formula is C25H19BrN4O7. The molecule has 2 heterocycles. The summed E-state index contributed by atoms with van der Waals surface area (Å²) in [6.45, 7) is 1.82. The van der Waals surface area contributed by atoms with Crippen LogP contribution in [0.25, 0.3) is 10.9 Å². The van der Waals surface area contributed by atoms with Crippen LogP contribution in [0.15, 0.2) is 62.9 Å². The van der Waals surface area contributed by atoms with Crippen LogP contribution < -0.4 is 24.5 Å². The van der Waals surface area contributed by atoms with E-state index in [2.05, 4.69) is 26.0 Å². The van der Waals surface area contributed by atoms with Crippen molar-refractivity contribution in [2.24, 2.45) is 5.10 Å². The fourth-order valence-corrected chi connectivity index (χ4v) is 4.18. The molecule has 1 aromatic heterocycles. The van der Waals surface area contributed by atoms with Crippen LogP contribution in [0.1, 0.15) is 17.0 Å². The summed E-state index contributed by atoms with van der Waals surface area (Å²) in [6, 6.07) is 13.3. The molecule has 0 aliphatic carbocycles. The Hall–Kier alpha value is -4.45. The van der Waals surface area contributed by atoms with E-state index in [1.54, 1.807) is 43.3 Å². The summed E-state index contributed by atoms with van der Waals surface area (Å²) in [5.41, 5.74) is 0.922. The fourth-order valence-electron chi connectivity index (χ4n) is 3.82. The first-order chi connectivity index (χ1) is 17.8. The minimum Gasteiger partial charge on any atom is -0.493 e. The van der Waals surface area contributed by atoms with Gasteiger partial charge in [-0.1, -0.05) is 22.0 Å². The molecule has 11 nitrogen and oxygen atoms in total.